The summed E-state index contributed by atoms with van der Waals surface area (Å²) in [6.07, 6.45) is -0.135. The molecule has 7 heteroatoms. The number of carbonyl (C=O) groups excluding carboxylic acids is 1. The molecule has 1 aliphatic rings. The third kappa shape index (κ3) is 3.31. The molecule has 2 heterocycles. The molecule has 106 valence electrons. The van der Waals surface area contributed by atoms with Crippen LogP contribution in [0.2, 0.25) is 0 Å². The molecular formula is C12H18N2O5. The van der Waals surface area contributed by atoms with Gasteiger partial charge in [-0.1, -0.05) is 5.16 Å². The Labute approximate surface area is 111 Å². The van der Waals surface area contributed by atoms with Gasteiger partial charge < -0.3 is 19.1 Å². The zero-order chi connectivity index (χ0) is 13.8. The maximum Gasteiger partial charge on any atom is 0.323 e. The van der Waals surface area contributed by atoms with E-state index in [9.17, 15) is 9.90 Å². The van der Waals surface area contributed by atoms with Gasteiger partial charge in [-0.3, -0.25) is 9.69 Å². The van der Waals surface area contributed by atoms with Gasteiger partial charge >= 0.3 is 5.97 Å². The molecule has 1 fully saturated rings. The molecular weight excluding hydrogens is 252 g/mol. The van der Waals surface area contributed by atoms with Crippen LogP contribution < -0.4 is 0 Å². The van der Waals surface area contributed by atoms with Crippen molar-refractivity contribution in [1.29, 1.82) is 0 Å². The van der Waals surface area contributed by atoms with E-state index in [0.29, 0.717) is 37.6 Å². The number of β-amino-alcohol motifs (C(OH)–C–C–N with tert-alkyl or cyclic N) is 1. The molecule has 0 radical (unpaired) electrons. The molecule has 1 aliphatic heterocycles. The fourth-order valence-corrected chi connectivity index (χ4v) is 2.28. The van der Waals surface area contributed by atoms with Gasteiger partial charge in [-0.25, -0.2) is 0 Å². The zero-order valence-corrected chi connectivity index (χ0v) is 11.0. The maximum atomic E-state index is 11.6. The van der Waals surface area contributed by atoms with Gasteiger partial charge in [0.05, 0.1) is 18.9 Å². The monoisotopic (exact) mass is 270 g/mol. The largest absolute Gasteiger partial charge is 0.468 e. The highest BCUT2D eigenvalue weighted by atomic mass is 16.5. The van der Waals surface area contributed by atoms with Crippen LogP contribution >= 0.6 is 0 Å². The van der Waals surface area contributed by atoms with Crippen LogP contribution in [-0.4, -0.2) is 54.0 Å². The summed E-state index contributed by atoms with van der Waals surface area (Å²) in [5, 5.41) is 13.6. The molecule has 1 aromatic heterocycles. The van der Waals surface area contributed by atoms with Crippen molar-refractivity contribution in [2.24, 2.45) is 0 Å². The van der Waals surface area contributed by atoms with Crippen molar-refractivity contribution in [3.05, 3.63) is 17.5 Å². The average molecular weight is 270 g/mol. The molecule has 19 heavy (non-hydrogen) atoms. The smallest absolute Gasteiger partial charge is 0.323 e. The number of rotatable bonds is 5. The summed E-state index contributed by atoms with van der Waals surface area (Å²) in [4.78, 5) is 13.5. The first-order valence-electron chi connectivity index (χ1n) is 6.07. The lowest BCUT2D eigenvalue weighted by Gasteiger charge is -2.20. The number of esters is 1. The van der Waals surface area contributed by atoms with Crippen LogP contribution in [0.25, 0.3) is 0 Å². The summed E-state index contributed by atoms with van der Waals surface area (Å²) >= 11 is 0. The van der Waals surface area contributed by atoms with Crippen molar-refractivity contribution in [2.75, 3.05) is 20.8 Å². The molecule has 0 spiro atoms. The number of ether oxygens (including phenoxy) is 2. The van der Waals surface area contributed by atoms with E-state index in [2.05, 4.69) is 5.16 Å². The number of likely N-dealkylation sites (tertiary alicyclic amines) is 1. The van der Waals surface area contributed by atoms with Crippen molar-refractivity contribution >= 4 is 5.97 Å². The lowest BCUT2D eigenvalue weighted by molar-refractivity contribution is -0.146. The molecule has 1 saturated heterocycles. The van der Waals surface area contributed by atoms with Gasteiger partial charge in [0, 0.05) is 32.7 Å². The molecule has 0 bridgehead atoms. The van der Waals surface area contributed by atoms with E-state index in [1.165, 1.54) is 7.11 Å². The number of nitrogens with zero attached hydrogens (tertiary/aromatic N) is 2. The van der Waals surface area contributed by atoms with Crippen LogP contribution in [0.1, 0.15) is 17.9 Å². The third-order valence-corrected chi connectivity index (χ3v) is 3.11. The molecule has 0 aliphatic carbocycles. The Balaban J connectivity index is 2.01. The Kier molecular flexibility index (Phi) is 4.52. The predicted molar refractivity (Wildman–Crippen MR) is 64.1 cm³/mol. The number of methoxy groups -OCH3 is 2. The molecule has 2 rings (SSSR count). The van der Waals surface area contributed by atoms with Gasteiger partial charge in [0.25, 0.3) is 0 Å². The van der Waals surface area contributed by atoms with E-state index in [1.807, 2.05) is 4.90 Å². The molecule has 0 saturated carbocycles. The summed E-state index contributed by atoms with van der Waals surface area (Å²) in [5.41, 5.74) is 0.704. The number of hydrogen-bond acceptors (Lipinski definition) is 7. The van der Waals surface area contributed by atoms with E-state index >= 15 is 0 Å². The second kappa shape index (κ2) is 6.14. The average Bonchev–Trinajstić information content (AvgIpc) is 2.96. The Morgan fingerprint density at radius 1 is 1.63 bits per heavy atom. The number of carbonyl (C=O) groups is 1. The van der Waals surface area contributed by atoms with E-state index in [-0.39, 0.29) is 5.97 Å². The van der Waals surface area contributed by atoms with Gasteiger partial charge in [0.1, 0.15) is 12.6 Å². The lowest BCUT2D eigenvalue weighted by Crippen LogP contribution is -2.36. The number of aromatic nitrogens is 1. The summed E-state index contributed by atoms with van der Waals surface area (Å²) in [6, 6.07) is 1.35. The normalized spacial score (nSPS) is 23.7. The number of aliphatic hydroxyl groups is 1. The first-order chi connectivity index (χ1) is 9.13. The quantitative estimate of drug-likeness (QED) is 0.749. The minimum Gasteiger partial charge on any atom is -0.468 e. The van der Waals surface area contributed by atoms with Crippen molar-refractivity contribution in [2.45, 2.75) is 31.7 Å². The summed E-state index contributed by atoms with van der Waals surface area (Å²) in [6.45, 7) is 1.21. The van der Waals surface area contributed by atoms with E-state index in [4.69, 9.17) is 14.0 Å². The maximum absolute atomic E-state index is 11.6. The van der Waals surface area contributed by atoms with E-state index < -0.39 is 12.1 Å². The van der Waals surface area contributed by atoms with Crippen LogP contribution in [-0.2, 0) is 27.4 Å². The van der Waals surface area contributed by atoms with Crippen LogP contribution in [0, 0.1) is 0 Å². The minimum absolute atomic E-state index is 0.336. The van der Waals surface area contributed by atoms with Crippen molar-refractivity contribution in [1.82, 2.24) is 10.1 Å². The highest BCUT2D eigenvalue weighted by molar-refractivity contribution is 5.76. The van der Waals surface area contributed by atoms with E-state index in [0.717, 1.165) is 0 Å². The van der Waals surface area contributed by atoms with Crippen molar-refractivity contribution < 1.29 is 23.9 Å². The van der Waals surface area contributed by atoms with Crippen LogP contribution in [0.5, 0.6) is 0 Å². The minimum atomic E-state index is -0.519. The summed E-state index contributed by atoms with van der Waals surface area (Å²) in [5.74, 6) is 0.295. The molecule has 7 nitrogen and oxygen atoms in total. The number of hydrogen-bond donors (Lipinski definition) is 1. The highest BCUT2D eigenvalue weighted by Gasteiger charge is 2.37. The fraction of sp³-hybridized carbons (Fsp3) is 0.667. The molecule has 0 amide bonds. The highest BCUT2D eigenvalue weighted by Crippen LogP contribution is 2.21. The van der Waals surface area contributed by atoms with E-state index in [1.54, 1.807) is 13.2 Å². The Morgan fingerprint density at radius 3 is 3.11 bits per heavy atom. The third-order valence-electron chi connectivity index (χ3n) is 3.11. The van der Waals surface area contributed by atoms with Crippen LogP contribution in [0.15, 0.2) is 10.6 Å². The van der Waals surface area contributed by atoms with Gasteiger partial charge in [0.2, 0.25) is 0 Å². The molecule has 0 aromatic carbocycles. The standard InChI is InChI=1S/C12H18N2O5/c1-17-7-10-3-8(13-19-10)5-14-6-9(15)4-11(14)12(16)18-2/h3,9,11,15H,4-7H2,1-2H3. The molecule has 1 N–H and O–H groups in total. The van der Waals surface area contributed by atoms with Crippen LogP contribution in [0.4, 0.5) is 0 Å². The van der Waals surface area contributed by atoms with Gasteiger partial charge in [0.15, 0.2) is 5.76 Å². The first kappa shape index (κ1) is 14.0. The second-order valence-electron chi connectivity index (χ2n) is 4.58. The fourth-order valence-electron chi connectivity index (χ4n) is 2.28. The Bertz CT molecular complexity index is 434. The van der Waals surface area contributed by atoms with Gasteiger partial charge in [-0.15, -0.1) is 0 Å². The Hall–Kier alpha value is -1.44. The van der Waals surface area contributed by atoms with Crippen molar-refractivity contribution in [3.63, 3.8) is 0 Å². The Morgan fingerprint density at radius 2 is 2.42 bits per heavy atom. The SMILES string of the molecule is COCc1cc(CN2CC(O)CC2C(=O)OC)no1. The van der Waals surface area contributed by atoms with Gasteiger partial charge in [-0.2, -0.15) is 0 Å². The second-order valence-corrected chi connectivity index (χ2v) is 4.58. The summed E-state index contributed by atoms with van der Waals surface area (Å²) in [7, 11) is 2.92. The first-order valence-corrected chi connectivity index (χ1v) is 6.07. The number of aliphatic hydroxyl groups excluding tert-OH is 1. The molecule has 2 unspecified atom stereocenters. The zero-order valence-electron chi connectivity index (χ0n) is 11.0. The summed E-state index contributed by atoms with van der Waals surface area (Å²) < 4.78 is 14.8. The lowest BCUT2D eigenvalue weighted by atomic mass is 10.2. The molecule has 1 aromatic rings. The predicted octanol–water partition coefficient (Wildman–Crippen LogP) is -0.0708. The topological polar surface area (TPSA) is 85.0 Å². The van der Waals surface area contributed by atoms with Crippen LogP contribution in [0.3, 0.4) is 0 Å². The molecule has 2 atom stereocenters. The van der Waals surface area contributed by atoms with Gasteiger partial charge in [-0.05, 0) is 0 Å². The van der Waals surface area contributed by atoms with Crippen molar-refractivity contribution in [3.8, 4) is 0 Å².